The van der Waals surface area contributed by atoms with Gasteiger partial charge in [0.2, 0.25) is 0 Å². The lowest BCUT2D eigenvalue weighted by atomic mass is 9.90. The number of nitrogens with one attached hydrogen (secondary N) is 1. The van der Waals surface area contributed by atoms with Crippen LogP contribution in [0.2, 0.25) is 0 Å². The summed E-state index contributed by atoms with van der Waals surface area (Å²) < 4.78 is 6.72. The molecule has 1 aliphatic heterocycles. The molecule has 2 heterocycles. The van der Waals surface area contributed by atoms with E-state index in [0.29, 0.717) is 12.0 Å². The van der Waals surface area contributed by atoms with Crippen LogP contribution < -0.4 is 5.32 Å². The van der Waals surface area contributed by atoms with E-state index in [4.69, 9.17) is 4.74 Å². The largest absolute Gasteiger partial charge is 0.381 e. The molecule has 0 aliphatic carbocycles. The van der Waals surface area contributed by atoms with E-state index in [1.165, 1.54) is 28.6 Å². The molecule has 0 saturated carbocycles. The van der Waals surface area contributed by atoms with Gasteiger partial charge in [-0.2, -0.15) is 0 Å². The maximum atomic E-state index is 5.47. The Morgan fingerprint density at radius 2 is 2.29 bits per heavy atom. The second-order valence-electron chi connectivity index (χ2n) is 4.51. The highest BCUT2D eigenvalue weighted by atomic mass is 79.9. The third-order valence-corrected chi connectivity index (χ3v) is 5.23. The quantitative estimate of drug-likeness (QED) is 0.887. The van der Waals surface area contributed by atoms with E-state index in [0.717, 1.165) is 19.8 Å². The minimum absolute atomic E-state index is 0.494. The Hall–Kier alpha value is 0.1000. The van der Waals surface area contributed by atoms with Crippen LogP contribution in [-0.2, 0) is 4.74 Å². The predicted octanol–water partition coefficient (Wildman–Crippen LogP) is 3.98. The average molecular weight is 318 g/mol. The van der Waals surface area contributed by atoms with E-state index in [1.54, 1.807) is 0 Å². The van der Waals surface area contributed by atoms with Gasteiger partial charge in [-0.3, -0.25) is 0 Å². The van der Waals surface area contributed by atoms with Crippen LogP contribution in [0, 0.1) is 5.92 Å². The summed E-state index contributed by atoms with van der Waals surface area (Å²) in [6.07, 6.45) is 3.53. The summed E-state index contributed by atoms with van der Waals surface area (Å²) in [7, 11) is 0. The third-order valence-electron chi connectivity index (χ3n) is 3.28. The zero-order valence-electron chi connectivity index (χ0n) is 10.2. The van der Waals surface area contributed by atoms with Gasteiger partial charge in [-0.05, 0) is 59.1 Å². The van der Waals surface area contributed by atoms with Gasteiger partial charge < -0.3 is 10.1 Å². The molecule has 1 aliphatic rings. The van der Waals surface area contributed by atoms with Gasteiger partial charge in [-0.15, -0.1) is 11.3 Å². The fourth-order valence-electron chi connectivity index (χ4n) is 2.35. The van der Waals surface area contributed by atoms with Crippen molar-refractivity contribution in [1.82, 2.24) is 5.32 Å². The molecule has 1 fully saturated rings. The van der Waals surface area contributed by atoms with Crippen LogP contribution >= 0.6 is 27.3 Å². The normalized spacial score (nSPS) is 19.4. The van der Waals surface area contributed by atoms with Gasteiger partial charge in [-0.1, -0.05) is 6.92 Å². The minimum Gasteiger partial charge on any atom is -0.381 e. The van der Waals surface area contributed by atoms with Gasteiger partial charge in [0, 0.05) is 28.6 Å². The second-order valence-corrected chi connectivity index (χ2v) is 6.32. The molecule has 1 saturated heterocycles. The van der Waals surface area contributed by atoms with Gasteiger partial charge in [0.05, 0.1) is 0 Å². The van der Waals surface area contributed by atoms with Crippen LogP contribution in [0.3, 0.4) is 0 Å². The highest BCUT2D eigenvalue weighted by Crippen LogP contribution is 2.37. The molecule has 1 aromatic rings. The van der Waals surface area contributed by atoms with Crippen molar-refractivity contribution in [3.63, 3.8) is 0 Å². The minimum atomic E-state index is 0.494. The van der Waals surface area contributed by atoms with Crippen LogP contribution in [0.25, 0.3) is 0 Å². The van der Waals surface area contributed by atoms with Crippen molar-refractivity contribution in [2.45, 2.75) is 32.2 Å². The number of halogens is 1. The van der Waals surface area contributed by atoms with Crippen molar-refractivity contribution in [3.8, 4) is 0 Å². The Morgan fingerprint density at radius 3 is 2.88 bits per heavy atom. The lowest BCUT2D eigenvalue weighted by molar-refractivity contribution is 0.0540. The molecule has 0 radical (unpaired) electrons. The third kappa shape index (κ3) is 3.53. The summed E-state index contributed by atoms with van der Waals surface area (Å²) >= 11 is 5.52. The molecule has 96 valence electrons. The molecule has 0 amide bonds. The van der Waals surface area contributed by atoms with E-state index >= 15 is 0 Å². The van der Waals surface area contributed by atoms with Crippen molar-refractivity contribution in [1.29, 1.82) is 0 Å². The van der Waals surface area contributed by atoms with Gasteiger partial charge in [0.15, 0.2) is 0 Å². The fourth-order valence-corrected chi connectivity index (χ4v) is 4.14. The van der Waals surface area contributed by atoms with Crippen LogP contribution in [0.15, 0.2) is 15.9 Å². The van der Waals surface area contributed by atoms with E-state index < -0.39 is 0 Å². The number of rotatable bonds is 5. The van der Waals surface area contributed by atoms with E-state index in [1.807, 2.05) is 11.3 Å². The smallest absolute Gasteiger partial charge is 0.0469 e. The average Bonchev–Trinajstić information content (AvgIpc) is 2.78. The number of hydrogen-bond acceptors (Lipinski definition) is 3. The van der Waals surface area contributed by atoms with Crippen molar-refractivity contribution < 1.29 is 4.74 Å². The topological polar surface area (TPSA) is 21.3 Å². The molecule has 1 aromatic heterocycles. The summed E-state index contributed by atoms with van der Waals surface area (Å²) in [5.74, 6) is 0.713. The molecule has 0 bridgehead atoms. The van der Waals surface area contributed by atoms with Crippen LogP contribution in [0.5, 0.6) is 0 Å². The van der Waals surface area contributed by atoms with Crippen molar-refractivity contribution in [2.75, 3.05) is 19.8 Å². The predicted molar refractivity (Wildman–Crippen MR) is 76.6 cm³/mol. The Balaban J connectivity index is 2.09. The Morgan fingerprint density at radius 1 is 1.53 bits per heavy atom. The molecule has 2 nitrogen and oxygen atoms in total. The first kappa shape index (κ1) is 13.5. The Kier molecular flexibility index (Phi) is 5.48. The van der Waals surface area contributed by atoms with Crippen molar-refractivity contribution >= 4 is 27.3 Å². The molecular formula is C13H20BrNOS. The van der Waals surface area contributed by atoms with Crippen LogP contribution in [0.1, 0.15) is 37.1 Å². The zero-order chi connectivity index (χ0) is 12.1. The molecule has 4 heteroatoms. The first-order valence-corrected chi connectivity index (χ1v) is 8.04. The van der Waals surface area contributed by atoms with Gasteiger partial charge in [0.1, 0.15) is 0 Å². The lowest BCUT2D eigenvalue weighted by Gasteiger charge is -2.30. The van der Waals surface area contributed by atoms with Crippen molar-refractivity contribution in [2.24, 2.45) is 5.92 Å². The van der Waals surface area contributed by atoms with E-state index in [2.05, 4.69) is 39.6 Å². The Bertz CT molecular complexity index is 336. The Labute approximate surface area is 116 Å². The number of ether oxygens (including phenoxy) is 1. The summed E-state index contributed by atoms with van der Waals surface area (Å²) in [6, 6.07) is 2.65. The summed E-state index contributed by atoms with van der Waals surface area (Å²) in [6.45, 7) is 5.14. The van der Waals surface area contributed by atoms with E-state index in [-0.39, 0.29) is 0 Å². The molecule has 1 N–H and O–H groups in total. The van der Waals surface area contributed by atoms with Crippen LogP contribution in [-0.4, -0.2) is 19.8 Å². The standard InChI is InChI=1S/C13H20BrNOS/c1-2-6-15-12(10-3-7-16-8-4-10)13-11(14)5-9-17-13/h5,9-10,12,15H,2-4,6-8H2,1H3. The summed E-state index contributed by atoms with van der Waals surface area (Å²) in [4.78, 5) is 1.45. The van der Waals surface area contributed by atoms with Gasteiger partial charge in [-0.25, -0.2) is 0 Å². The monoisotopic (exact) mass is 317 g/mol. The number of thiophene rings is 1. The van der Waals surface area contributed by atoms with E-state index in [9.17, 15) is 0 Å². The maximum Gasteiger partial charge on any atom is 0.0469 e. The van der Waals surface area contributed by atoms with Crippen molar-refractivity contribution in [3.05, 3.63) is 20.8 Å². The van der Waals surface area contributed by atoms with Gasteiger partial charge in [0.25, 0.3) is 0 Å². The molecule has 0 aromatic carbocycles. The fraction of sp³-hybridized carbons (Fsp3) is 0.692. The molecule has 1 atom stereocenters. The van der Waals surface area contributed by atoms with Crippen LogP contribution in [0.4, 0.5) is 0 Å². The molecular weight excluding hydrogens is 298 g/mol. The highest BCUT2D eigenvalue weighted by Gasteiger charge is 2.27. The van der Waals surface area contributed by atoms with Gasteiger partial charge >= 0.3 is 0 Å². The zero-order valence-corrected chi connectivity index (χ0v) is 12.6. The SMILES string of the molecule is CCCNC(c1sccc1Br)C1CCOCC1. The first-order chi connectivity index (χ1) is 8.33. The molecule has 17 heavy (non-hydrogen) atoms. The maximum absolute atomic E-state index is 5.47. The molecule has 2 rings (SSSR count). The lowest BCUT2D eigenvalue weighted by Crippen LogP contribution is -2.32. The first-order valence-electron chi connectivity index (χ1n) is 6.37. The summed E-state index contributed by atoms with van der Waals surface area (Å²) in [5.41, 5.74) is 0. The number of hydrogen-bond donors (Lipinski definition) is 1. The summed E-state index contributed by atoms with van der Waals surface area (Å²) in [5, 5.41) is 5.87. The highest BCUT2D eigenvalue weighted by molar-refractivity contribution is 9.10. The second kappa shape index (κ2) is 6.88. The molecule has 1 unspecified atom stereocenters. The molecule has 0 spiro atoms.